The highest BCUT2D eigenvalue weighted by Gasteiger charge is 2.48. The summed E-state index contributed by atoms with van der Waals surface area (Å²) in [5.74, 6) is -0.447. The number of halogens is 1. The van der Waals surface area contributed by atoms with E-state index in [1.54, 1.807) is 0 Å². The fourth-order valence-electron chi connectivity index (χ4n) is 1.41. The number of alkyl halides is 1. The first-order chi connectivity index (χ1) is 5.47. The van der Waals surface area contributed by atoms with Crippen LogP contribution in [-0.4, -0.2) is 43.2 Å². The van der Waals surface area contributed by atoms with Gasteiger partial charge in [0.25, 0.3) is 5.91 Å². The van der Waals surface area contributed by atoms with Gasteiger partial charge in [-0.2, -0.15) is 4.67 Å². The van der Waals surface area contributed by atoms with Gasteiger partial charge in [0.1, 0.15) is 6.10 Å². The fourth-order valence-corrected chi connectivity index (χ4v) is 3.69. The number of rotatable bonds is 1. The number of amides is 1. The topological polar surface area (TPSA) is 29.5 Å². The van der Waals surface area contributed by atoms with Crippen LogP contribution < -0.4 is 0 Å². The van der Waals surface area contributed by atoms with Gasteiger partial charge in [-0.05, 0) is 6.92 Å². The van der Waals surface area contributed by atoms with Gasteiger partial charge in [-0.15, -0.1) is 0 Å². The van der Waals surface area contributed by atoms with Crippen LogP contribution in [-0.2, 0) is 9.32 Å². The highest BCUT2D eigenvalue weighted by Crippen LogP contribution is 2.61. The highest BCUT2D eigenvalue weighted by atomic mass is 31.2. The smallest absolute Gasteiger partial charge is 0.268 e. The van der Waals surface area contributed by atoms with Crippen molar-refractivity contribution in [3.05, 3.63) is 0 Å². The maximum Gasteiger partial charge on any atom is 0.287 e. The van der Waals surface area contributed by atoms with Crippen molar-refractivity contribution in [1.29, 1.82) is 0 Å². The minimum atomic E-state index is -1.79. The van der Waals surface area contributed by atoms with Gasteiger partial charge in [0.05, 0.1) is 19.9 Å². The molecule has 0 aromatic heterocycles. The summed E-state index contributed by atoms with van der Waals surface area (Å²) in [5, 5.41) is 0. The molecule has 1 aliphatic heterocycles. The molecule has 1 amide bonds. The van der Waals surface area contributed by atoms with Gasteiger partial charge < -0.3 is 0 Å². The number of hydrogen-bond donors (Lipinski definition) is 0. The van der Waals surface area contributed by atoms with E-state index in [4.69, 9.17) is 4.52 Å². The number of hydrogen-bond acceptors (Lipinski definition) is 2. The molecule has 0 aromatic carbocycles. The number of carbonyl (C=O) groups is 1. The van der Waals surface area contributed by atoms with Crippen molar-refractivity contribution in [3.8, 4) is 0 Å². The Hall–Kier alpha value is -0.210. The molecule has 0 unspecified atom stereocenters. The molecule has 1 aliphatic rings. The quantitative estimate of drug-likeness (QED) is 0.589. The Morgan fingerprint density at radius 2 is 2.33 bits per heavy atom. The standard InChI is InChI=1S/C7H14FNO2P/c1-6-5-9(7(10)4-8)12(2,3)11-6/h6H,4-5H2,1-3H3/q+1/t6-/m1/s1. The van der Waals surface area contributed by atoms with Crippen molar-refractivity contribution < 1.29 is 13.7 Å². The van der Waals surface area contributed by atoms with Crippen molar-refractivity contribution in [2.24, 2.45) is 0 Å². The zero-order valence-corrected chi connectivity index (χ0v) is 8.47. The van der Waals surface area contributed by atoms with E-state index in [1.807, 2.05) is 20.3 Å². The van der Waals surface area contributed by atoms with Gasteiger partial charge >= 0.3 is 0 Å². The molecular formula is C7H14FNO2P+. The van der Waals surface area contributed by atoms with Gasteiger partial charge in [-0.25, -0.2) is 8.91 Å². The summed E-state index contributed by atoms with van der Waals surface area (Å²) >= 11 is 0. The Balaban J connectivity index is 2.71. The summed E-state index contributed by atoms with van der Waals surface area (Å²) in [7, 11) is -1.79. The Kier molecular flexibility index (Phi) is 2.69. The zero-order valence-electron chi connectivity index (χ0n) is 7.58. The first-order valence-corrected chi connectivity index (χ1v) is 6.42. The van der Waals surface area contributed by atoms with E-state index in [2.05, 4.69) is 0 Å². The van der Waals surface area contributed by atoms with Crippen molar-refractivity contribution in [1.82, 2.24) is 4.67 Å². The van der Waals surface area contributed by atoms with Crippen molar-refractivity contribution in [2.75, 3.05) is 26.5 Å². The van der Waals surface area contributed by atoms with E-state index < -0.39 is 20.2 Å². The Labute approximate surface area is 72.4 Å². The summed E-state index contributed by atoms with van der Waals surface area (Å²) < 4.78 is 19.2. The van der Waals surface area contributed by atoms with Gasteiger partial charge in [-0.3, -0.25) is 4.79 Å². The molecule has 0 aliphatic carbocycles. The monoisotopic (exact) mass is 194 g/mol. The van der Waals surface area contributed by atoms with E-state index in [0.717, 1.165) is 0 Å². The van der Waals surface area contributed by atoms with Gasteiger partial charge in [0.2, 0.25) is 7.64 Å². The summed E-state index contributed by atoms with van der Waals surface area (Å²) in [6.07, 6.45) is 0.0452. The molecule has 0 N–H and O–H groups in total. The maximum absolute atomic E-state index is 12.1. The van der Waals surface area contributed by atoms with Crippen LogP contribution in [0.2, 0.25) is 0 Å². The third kappa shape index (κ3) is 1.75. The minimum Gasteiger partial charge on any atom is -0.268 e. The first-order valence-electron chi connectivity index (χ1n) is 3.86. The number of nitrogens with zero attached hydrogens (tertiary/aromatic N) is 1. The molecule has 3 nitrogen and oxygen atoms in total. The molecular weight excluding hydrogens is 180 g/mol. The summed E-state index contributed by atoms with van der Waals surface area (Å²) in [4.78, 5) is 11.1. The average molecular weight is 194 g/mol. The van der Waals surface area contributed by atoms with Crippen LogP contribution in [0.5, 0.6) is 0 Å². The van der Waals surface area contributed by atoms with E-state index in [9.17, 15) is 9.18 Å². The summed E-state index contributed by atoms with van der Waals surface area (Å²) in [6, 6.07) is 0. The zero-order chi connectivity index (χ0) is 9.35. The van der Waals surface area contributed by atoms with Crippen molar-refractivity contribution in [2.45, 2.75) is 13.0 Å². The second kappa shape index (κ2) is 3.27. The second-order valence-corrected chi connectivity index (χ2v) is 6.60. The molecule has 0 radical (unpaired) electrons. The first kappa shape index (κ1) is 9.87. The molecule has 0 spiro atoms. The highest BCUT2D eigenvalue weighted by molar-refractivity contribution is 7.68. The molecule has 1 fully saturated rings. The minimum absolute atomic E-state index is 0.0452. The largest absolute Gasteiger partial charge is 0.287 e. The van der Waals surface area contributed by atoms with E-state index in [1.165, 1.54) is 4.67 Å². The molecule has 12 heavy (non-hydrogen) atoms. The van der Waals surface area contributed by atoms with Crippen LogP contribution in [0.1, 0.15) is 6.92 Å². The van der Waals surface area contributed by atoms with Crippen molar-refractivity contribution in [3.63, 3.8) is 0 Å². The van der Waals surface area contributed by atoms with Crippen LogP contribution in [0.25, 0.3) is 0 Å². The van der Waals surface area contributed by atoms with Gasteiger partial charge in [-0.1, -0.05) is 0 Å². The number of carbonyl (C=O) groups excluding carboxylic acids is 1. The molecule has 70 valence electrons. The predicted molar refractivity (Wildman–Crippen MR) is 47.0 cm³/mol. The maximum atomic E-state index is 12.1. The molecule has 1 heterocycles. The molecule has 5 heteroatoms. The average Bonchev–Trinajstić information content (AvgIpc) is 2.23. The summed E-state index contributed by atoms with van der Waals surface area (Å²) in [6.45, 7) is 5.27. The van der Waals surface area contributed by atoms with Crippen LogP contribution in [0.4, 0.5) is 4.39 Å². The fraction of sp³-hybridized carbons (Fsp3) is 0.857. The third-order valence-electron chi connectivity index (χ3n) is 1.85. The van der Waals surface area contributed by atoms with E-state index in [0.29, 0.717) is 6.54 Å². The molecule has 0 bridgehead atoms. The van der Waals surface area contributed by atoms with Crippen molar-refractivity contribution >= 4 is 13.5 Å². The lowest BCUT2D eigenvalue weighted by atomic mass is 10.4. The predicted octanol–water partition coefficient (Wildman–Crippen LogP) is 1.31. The van der Waals surface area contributed by atoms with Crippen LogP contribution in [0.3, 0.4) is 0 Å². The van der Waals surface area contributed by atoms with Crippen LogP contribution >= 0.6 is 7.64 Å². The van der Waals surface area contributed by atoms with Gasteiger partial charge in [0, 0.05) is 0 Å². The molecule has 0 aromatic rings. The molecule has 1 saturated heterocycles. The normalized spacial score (nSPS) is 27.7. The molecule has 1 rings (SSSR count). The Morgan fingerprint density at radius 1 is 1.75 bits per heavy atom. The van der Waals surface area contributed by atoms with E-state index >= 15 is 0 Å². The lowest BCUT2D eigenvalue weighted by Gasteiger charge is -2.19. The summed E-state index contributed by atoms with van der Waals surface area (Å²) in [5.41, 5.74) is 0. The Bertz CT molecular complexity index is 198. The molecule has 1 atom stereocenters. The third-order valence-corrected chi connectivity index (χ3v) is 4.28. The molecule has 0 saturated carbocycles. The van der Waals surface area contributed by atoms with E-state index in [-0.39, 0.29) is 6.10 Å². The lowest BCUT2D eigenvalue weighted by Crippen LogP contribution is -2.29. The van der Waals surface area contributed by atoms with Gasteiger partial charge in [0.15, 0.2) is 6.67 Å². The lowest BCUT2D eigenvalue weighted by molar-refractivity contribution is -0.127. The van der Waals surface area contributed by atoms with Crippen LogP contribution in [0.15, 0.2) is 0 Å². The SMILES string of the molecule is C[C@@H]1CN(C(=O)CF)[P+](C)(C)O1. The second-order valence-electron chi connectivity index (χ2n) is 3.32. The van der Waals surface area contributed by atoms with Crippen LogP contribution in [0, 0.1) is 0 Å². The Morgan fingerprint density at radius 3 is 2.67 bits per heavy atom.